The number of carbonyl (C=O) groups excluding carboxylic acids is 2. The number of aryl methyl sites for hydroxylation is 1. The fourth-order valence-corrected chi connectivity index (χ4v) is 2.90. The van der Waals surface area contributed by atoms with Crippen LogP contribution >= 0.6 is 0 Å². The number of hydrogen-bond donors (Lipinski definition) is 2. The quantitative estimate of drug-likeness (QED) is 0.572. The van der Waals surface area contributed by atoms with Gasteiger partial charge in [0.05, 0.1) is 24.5 Å². The monoisotopic (exact) mass is 412 g/mol. The first-order valence-electron chi connectivity index (χ1n) is 10.5. The lowest BCUT2D eigenvalue weighted by Gasteiger charge is -2.13. The first-order valence-corrected chi connectivity index (χ1v) is 10.5. The van der Waals surface area contributed by atoms with Crippen LogP contribution in [0.15, 0.2) is 42.5 Å². The molecule has 0 saturated heterocycles. The van der Waals surface area contributed by atoms with Crippen molar-refractivity contribution < 1.29 is 19.1 Å². The zero-order valence-electron chi connectivity index (χ0n) is 18.3. The van der Waals surface area contributed by atoms with Crippen LogP contribution < -0.4 is 20.1 Å². The van der Waals surface area contributed by atoms with Gasteiger partial charge in [-0.25, -0.2) is 0 Å². The molecule has 0 unspecified atom stereocenters. The van der Waals surface area contributed by atoms with Crippen molar-refractivity contribution in [3.8, 4) is 11.5 Å². The van der Waals surface area contributed by atoms with Crippen molar-refractivity contribution in [2.75, 3.05) is 25.1 Å². The van der Waals surface area contributed by atoms with Gasteiger partial charge in [0, 0.05) is 13.0 Å². The molecule has 0 radical (unpaired) electrons. The highest BCUT2D eigenvalue weighted by molar-refractivity contribution is 6.03. The van der Waals surface area contributed by atoms with E-state index >= 15 is 0 Å². The average Bonchev–Trinajstić information content (AvgIpc) is 2.73. The van der Waals surface area contributed by atoms with Crippen LogP contribution in [0.4, 0.5) is 5.69 Å². The van der Waals surface area contributed by atoms with Gasteiger partial charge in [-0.3, -0.25) is 9.59 Å². The van der Waals surface area contributed by atoms with Crippen molar-refractivity contribution in [2.24, 2.45) is 5.92 Å². The van der Waals surface area contributed by atoms with Crippen LogP contribution in [-0.4, -0.2) is 31.6 Å². The van der Waals surface area contributed by atoms with Crippen molar-refractivity contribution in [3.63, 3.8) is 0 Å². The highest BCUT2D eigenvalue weighted by Crippen LogP contribution is 2.29. The van der Waals surface area contributed by atoms with Crippen LogP contribution in [0.5, 0.6) is 11.5 Å². The maximum absolute atomic E-state index is 12.5. The van der Waals surface area contributed by atoms with E-state index in [2.05, 4.69) is 10.6 Å². The van der Waals surface area contributed by atoms with Gasteiger partial charge in [0.25, 0.3) is 5.91 Å². The van der Waals surface area contributed by atoms with Gasteiger partial charge in [-0.2, -0.15) is 0 Å². The highest BCUT2D eigenvalue weighted by Gasteiger charge is 2.14. The summed E-state index contributed by atoms with van der Waals surface area (Å²) < 4.78 is 11.2. The standard InChI is InChI=1S/C24H32N2O4/c1-5-29-21-13-11-18(15-22(21)30-6-2)12-14-23(27)26-20-10-8-7-9-19(20)24(28)25-16-17(3)4/h7-11,13,15,17H,5-6,12,14,16H2,1-4H3,(H,25,28)(H,26,27). The zero-order valence-corrected chi connectivity index (χ0v) is 18.3. The van der Waals surface area contributed by atoms with Crippen LogP contribution in [0, 0.1) is 5.92 Å². The van der Waals surface area contributed by atoms with Gasteiger partial charge >= 0.3 is 0 Å². The van der Waals surface area contributed by atoms with Gasteiger partial charge < -0.3 is 20.1 Å². The summed E-state index contributed by atoms with van der Waals surface area (Å²) in [5.41, 5.74) is 1.97. The molecule has 2 N–H and O–H groups in total. The number of hydrogen-bond acceptors (Lipinski definition) is 4. The van der Waals surface area contributed by atoms with Gasteiger partial charge in [0.15, 0.2) is 11.5 Å². The number of ether oxygens (including phenoxy) is 2. The second-order valence-electron chi connectivity index (χ2n) is 7.34. The number of carbonyl (C=O) groups is 2. The first-order chi connectivity index (χ1) is 14.4. The smallest absolute Gasteiger partial charge is 0.253 e. The minimum Gasteiger partial charge on any atom is -0.490 e. The minimum absolute atomic E-state index is 0.147. The molecule has 0 bridgehead atoms. The molecule has 0 saturated carbocycles. The molecular formula is C24H32N2O4. The molecule has 162 valence electrons. The Hall–Kier alpha value is -3.02. The molecule has 0 fully saturated rings. The third-order valence-corrected chi connectivity index (χ3v) is 4.37. The maximum atomic E-state index is 12.5. The van der Waals surface area contributed by atoms with E-state index in [1.54, 1.807) is 24.3 Å². The lowest BCUT2D eigenvalue weighted by atomic mass is 10.1. The van der Waals surface area contributed by atoms with Gasteiger partial charge in [0.1, 0.15) is 0 Å². The van der Waals surface area contributed by atoms with Crippen molar-refractivity contribution in [2.45, 2.75) is 40.5 Å². The molecule has 0 aliphatic carbocycles. The molecule has 0 aliphatic heterocycles. The van der Waals surface area contributed by atoms with E-state index < -0.39 is 0 Å². The van der Waals surface area contributed by atoms with Crippen LogP contribution in [-0.2, 0) is 11.2 Å². The van der Waals surface area contributed by atoms with Gasteiger partial charge in [-0.05, 0) is 56.0 Å². The van der Waals surface area contributed by atoms with Gasteiger partial charge in [0.2, 0.25) is 5.91 Å². The molecule has 0 aliphatic rings. The second kappa shape index (κ2) is 11.9. The summed E-state index contributed by atoms with van der Waals surface area (Å²) in [4.78, 5) is 24.9. The Morgan fingerprint density at radius 2 is 1.67 bits per heavy atom. The van der Waals surface area contributed by atoms with Crippen LogP contribution in [0.3, 0.4) is 0 Å². The molecule has 0 spiro atoms. The Bertz CT molecular complexity index is 849. The third-order valence-electron chi connectivity index (χ3n) is 4.37. The Morgan fingerprint density at radius 1 is 0.967 bits per heavy atom. The van der Waals surface area contributed by atoms with E-state index in [1.165, 1.54) is 0 Å². The SMILES string of the molecule is CCOc1ccc(CCC(=O)Nc2ccccc2C(=O)NCC(C)C)cc1OCC. The van der Waals surface area contributed by atoms with Crippen molar-refractivity contribution >= 4 is 17.5 Å². The molecule has 2 amide bonds. The predicted molar refractivity (Wildman–Crippen MR) is 119 cm³/mol. The zero-order chi connectivity index (χ0) is 21.9. The largest absolute Gasteiger partial charge is 0.490 e. The Labute approximate surface area is 179 Å². The number of para-hydroxylation sites is 1. The number of amides is 2. The minimum atomic E-state index is -0.188. The van der Waals surface area contributed by atoms with E-state index in [0.29, 0.717) is 61.3 Å². The number of nitrogens with one attached hydrogen (secondary N) is 2. The fraction of sp³-hybridized carbons (Fsp3) is 0.417. The van der Waals surface area contributed by atoms with E-state index in [4.69, 9.17) is 9.47 Å². The van der Waals surface area contributed by atoms with E-state index in [0.717, 1.165) is 5.56 Å². The summed E-state index contributed by atoms with van der Waals surface area (Å²) >= 11 is 0. The summed E-state index contributed by atoms with van der Waals surface area (Å²) in [5, 5.41) is 5.75. The molecule has 6 nitrogen and oxygen atoms in total. The van der Waals surface area contributed by atoms with Crippen LogP contribution in [0.1, 0.15) is 50.0 Å². The average molecular weight is 413 g/mol. The van der Waals surface area contributed by atoms with Crippen molar-refractivity contribution in [1.82, 2.24) is 5.32 Å². The molecule has 0 heterocycles. The Morgan fingerprint density at radius 3 is 2.37 bits per heavy atom. The van der Waals surface area contributed by atoms with Crippen molar-refractivity contribution in [3.05, 3.63) is 53.6 Å². The molecule has 2 rings (SSSR count). The highest BCUT2D eigenvalue weighted by atomic mass is 16.5. The maximum Gasteiger partial charge on any atom is 0.253 e. The summed E-state index contributed by atoms with van der Waals surface area (Å²) in [6.45, 7) is 9.60. The van der Waals surface area contributed by atoms with Crippen molar-refractivity contribution in [1.29, 1.82) is 0 Å². The molecule has 30 heavy (non-hydrogen) atoms. The summed E-state index contributed by atoms with van der Waals surface area (Å²) in [5.74, 6) is 1.41. The molecule has 0 aromatic heterocycles. The third kappa shape index (κ3) is 7.10. The predicted octanol–water partition coefficient (Wildman–Crippen LogP) is 4.44. The fourth-order valence-electron chi connectivity index (χ4n) is 2.90. The molecule has 2 aromatic rings. The molecule has 0 atom stereocenters. The Balaban J connectivity index is 2.00. The van der Waals surface area contributed by atoms with E-state index in [9.17, 15) is 9.59 Å². The van der Waals surface area contributed by atoms with E-state index in [1.807, 2.05) is 45.9 Å². The summed E-state index contributed by atoms with van der Waals surface area (Å²) in [6, 6.07) is 12.8. The second-order valence-corrected chi connectivity index (χ2v) is 7.34. The summed E-state index contributed by atoms with van der Waals surface area (Å²) in [7, 11) is 0. The van der Waals surface area contributed by atoms with E-state index in [-0.39, 0.29) is 11.8 Å². The molecular weight excluding hydrogens is 380 g/mol. The Kier molecular flexibility index (Phi) is 9.19. The van der Waals surface area contributed by atoms with Gasteiger partial charge in [-0.15, -0.1) is 0 Å². The lowest BCUT2D eigenvalue weighted by molar-refractivity contribution is -0.116. The topological polar surface area (TPSA) is 76.7 Å². The van der Waals surface area contributed by atoms with Crippen LogP contribution in [0.2, 0.25) is 0 Å². The van der Waals surface area contributed by atoms with Crippen LogP contribution in [0.25, 0.3) is 0 Å². The number of benzene rings is 2. The first kappa shape index (κ1) is 23.3. The normalized spacial score (nSPS) is 10.6. The lowest BCUT2D eigenvalue weighted by Crippen LogP contribution is -2.28. The number of rotatable bonds is 11. The van der Waals surface area contributed by atoms with Gasteiger partial charge in [-0.1, -0.05) is 32.0 Å². The molecule has 2 aromatic carbocycles. The molecule has 6 heteroatoms. The number of anilines is 1. The summed E-state index contributed by atoms with van der Waals surface area (Å²) in [6.07, 6.45) is 0.849.